The Bertz CT molecular complexity index is 2750. The highest BCUT2D eigenvalue weighted by Crippen LogP contribution is 2.33. The van der Waals surface area contributed by atoms with E-state index in [0.717, 1.165) is 22.0 Å². The normalized spacial score (nSPS) is 17.5. The molecule has 2 atom stereocenters. The highest BCUT2D eigenvalue weighted by atomic mass is 19.4. The molecule has 0 bridgehead atoms. The van der Waals surface area contributed by atoms with Gasteiger partial charge in [0.1, 0.15) is 24.7 Å². The largest absolute Gasteiger partial charge is 0.444 e. The summed E-state index contributed by atoms with van der Waals surface area (Å²) in [5.41, 5.74) is 0.121. The molecule has 0 radical (unpaired) electrons. The van der Waals surface area contributed by atoms with Crippen molar-refractivity contribution in [3.05, 3.63) is 101 Å². The number of nitrogens with one attached hydrogen (secondary N) is 5. The minimum Gasteiger partial charge on any atom is -0.444 e. The van der Waals surface area contributed by atoms with Crippen molar-refractivity contribution in [2.24, 2.45) is 0 Å². The summed E-state index contributed by atoms with van der Waals surface area (Å²) in [4.78, 5) is 87.4. The Labute approximate surface area is 387 Å². The van der Waals surface area contributed by atoms with Crippen molar-refractivity contribution in [3.8, 4) is 17.1 Å². The van der Waals surface area contributed by atoms with E-state index in [2.05, 4.69) is 46.6 Å². The average Bonchev–Trinajstić information content (AvgIpc) is 4.06. The molecule has 25 heteroatoms. The van der Waals surface area contributed by atoms with Gasteiger partial charge in [0.25, 0.3) is 30.1 Å². The first-order chi connectivity index (χ1) is 33.1. The Balaban J connectivity index is 0.771. The molecule has 2 fully saturated rings. The molecule has 0 spiro atoms. The third-order valence-electron chi connectivity index (χ3n) is 11.1. The zero-order valence-electron chi connectivity index (χ0n) is 36.2. The summed E-state index contributed by atoms with van der Waals surface area (Å²) in [5.74, 6) is -3.94. The molecule has 5 aromatic rings. The van der Waals surface area contributed by atoms with Crippen LogP contribution in [-0.2, 0) is 19.1 Å². The van der Waals surface area contributed by atoms with E-state index in [0.29, 0.717) is 50.8 Å². The quantitative estimate of drug-likeness (QED) is 0.0473. The van der Waals surface area contributed by atoms with Crippen LogP contribution in [0.5, 0.6) is 0 Å². The van der Waals surface area contributed by atoms with Crippen LogP contribution in [0, 0.1) is 0 Å². The van der Waals surface area contributed by atoms with Crippen LogP contribution in [-0.4, -0.2) is 142 Å². The SMILES string of the molecule is O=C1CCC(N2C(=O)c3cccc(NCCOCCN4CCO[C@H](CNC(=O)c5ccc(-n6cc(NC(=O)c7coc(-c8ccnc(NCC(F)(F)F)c8)n7)c(C(F)F)n6)cc5)C4)c3C2=O)C(=O)N1. The maximum absolute atomic E-state index is 14.1. The van der Waals surface area contributed by atoms with Crippen LogP contribution in [0.1, 0.15) is 66.5 Å². The number of oxazole rings is 1. The number of aromatic nitrogens is 4. The number of pyridine rings is 1. The molecule has 0 saturated carbocycles. The van der Waals surface area contributed by atoms with Crippen molar-refractivity contribution in [1.82, 2.24) is 40.2 Å². The van der Waals surface area contributed by atoms with Gasteiger partial charge in [0.15, 0.2) is 11.4 Å². The first kappa shape index (κ1) is 47.8. The lowest BCUT2D eigenvalue weighted by Crippen LogP contribution is -2.54. The van der Waals surface area contributed by atoms with Gasteiger partial charge in [-0.05, 0) is 55.0 Å². The molecule has 362 valence electrons. The Kier molecular flexibility index (Phi) is 14.4. The highest BCUT2D eigenvalue weighted by molar-refractivity contribution is 6.25. The lowest BCUT2D eigenvalue weighted by atomic mass is 10.0. The van der Waals surface area contributed by atoms with Crippen molar-refractivity contribution < 1.29 is 64.6 Å². The number of carbonyl (C=O) groups excluding carboxylic acids is 6. The van der Waals surface area contributed by atoms with Gasteiger partial charge in [-0.1, -0.05) is 6.07 Å². The molecule has 5 N–H and O–H groups in total. The zero-order chi connectivity index (χ0) is 48.8. The summed E-state index contributed by atoms with van der Waals surface area (Å²) in [5, 5.41) is 16.6. The van der Waals surface area contributed by atoms with E-state index in [1.807, 2.05) is 0 Å². The molecule has 2 aromatic carbocycles. The number of anilines is 3. The fourth-order valence-corrected chi connectivity index (χ4v) is 7.72. The third kappa shape index (κ3) is 11.4. The number of alkyl halides is 5. The van der Waals surface area contributed by atoms with E-state index in [1.54, 1.807) is 12.1 Å². The molecule has 3 aromatic heterocycles. The van der Waals surface area contributed by atoms with Gasteiger partial charge in [-0.15, -0.1) is 0 Å². The first-order valence-corrected chi connectivity index (χ1v) is 21.4. The molecule has 8 rings (SSSR count). The van der Waals surface area contributed by atoms with Gasteiger partial charge in [0.2, 0.25) is 17.7 Å². The molecule has 20 nitrogen and oxygen atoms in total. The minimum absolute atomic E-state index is 0.0215. The van der Waals surface area contributed by atoms with E-state index in [-0.39, 0.29) is 77.4 Å². The van der Waals surface area contributed by atoms with Crippen LogP contribution < -0.4 is 26.6 Å². The second-order valence-corrected chi connectivity index (χ2v) is 15.8. The molecule has 69 heavy (non-hydrogen) atoms. The van der Waals surface area contributed by atoms with Crippen molar-refractivity contribution in [2.75, 3.05) is 75.0 Å². The van der Waals surface area contributed by atoms with E-state index in [1.165, 1.54) is 48.7 Å². The summed E-state index contributed by atoms with van der Waals surface area (Å²) in [6.07, 6.45) is -4.50. The number of carbonyl (C=O) groups is 6. The third-order valence-corrected chi connectivity index (χ3v) is 11.1. The number of halogens is 5. The monoisotopic (exact) mass is 963 g/mol. The van der Waals surface area contributed by atoms with Gasteiger partial charge in [-0.3, -0.25) is 43.9 Å². The predicted octanol–water partition coefficient (Wildman–Crippen LogP) is 4.05. The number of fused-ring (bicyclic) bond motifs is 1. The smallest absolute Gasteiger partial charge is 0.405 e. The zero-order valence-corrected chi connectivity index (χ0v) is 36.2. The Morgan fingerprint density at radius 2 is 1.78 bits per heavy atom. The number of hydrogen-bond acceptors (Lipinski definition) is 15. The molecular formula is C44H42F5N11O9. The number of piperidine rings is 1. The van der Waals surface area contributed by atoms with Gasteiger partial charge in [-0.2, -0.15) is 18.3 Å². The van der Waals surface area contributed by atoms with E-state index < -0.39 is 66.3 Å². The van der Waals surface area contributed by atoms with Gasteiger partial charge in [-0.25, -0.2) is 23.4 Å². The molecule has 1 unspecified atom stereocenters. The standard InChI is InChI=1S/C44H42F5N11O9/c45-37(46)36-30(54-39(63)31-22-69-41(55-31)25-10-11-51-33(18-25)53-23-44(47,48)49)21-59(57-36)26-6-4-24(5-7-26)38(62)52-19-27-20-58(14-17-68-27)13-16-67-15-12-50-29-3-1-2-28-35(29)43(66)60(42(28)65)32-8-9-34(61)56-40(32)64/h1-7,10-11,18,21-22,27,32,37,50H,8-9,12-17,19-20,23H2,(H,51,53)(H,52,62)(H,54,63)(H,56,61,64)/t27-,32?/m1/s1. The van der Waals surface area contributed by atoms with Crippen molar-refractivity contribution in [3.63, 3.8) is 0 Å². The van der Waals surface area contributed by atoms with E-state index in [4.69, 9.17) is 13.9 Å². The lowest BCUT2D eigenvalue weighted by Gasteiger charge is -2.32. The molecule has 3 aliphatic heterocycles. The summed E-state index contributed by atoms with van der Waals surface area (Å²) in [7, 11) is 0. The number of ether oxygens (including phenoxy) is 2. The van der Waals surface area contributed by atoms with Gasteiger partial charge in [0, 0.05) is 62.2 Å². The molecule has 0 aliphatic carbocycles. The van der Waals surface area contributed by atoms with Gasteiger partial charge >= 0.3 is 6.18 Å². The first-order valence-electron chi connectivity index (χ1n) is 21.4. The number of rotatable bonds is 18. The number of benzene rings is 2. The van der Waals surface area contributed by atoms with Crippen LogP contribution in [0.15, 0.2) is 77.7 Å². The number of imide groups is 2. The molecular weight excluding hydrogens is 922 g/mol. The van der Waals surface area contributed by atoms with Gasteiger partial charge < -0.3 is 35.2 Å². The maximum Gasteiger partial charge on any atom is 0.405 e. The Morgan fingerprint density at radius 3 is 2.55 bits per heavy atom. The van der Waals surface area contributed by atoms with E-state index >= 15 is 0 Å². The number of hydrogen-bond donors (Lipinski definition) is 5. The highest BCUT2D eigenvalue weighted by Gasteiger charge is 2.45. The maximum atomic E-state index is 14.1. The second kappa shape index (κ2) is 20.7. The topological polar surface area (TPSA) is 244 Å². The summed E-state index contributed by atoms with van der Waals surface area (Å²) in [6.45, 7) is 1.98. The Morgan fingerprint density at radius 1 is 0.971 bits per heavy atom. The van der Waals surface area contributed by atoms with E-state index in [9.17, 15) is 50.7 Å². The summed E-state index contributed by atoms with van der Waals surface area (Å²) in [6, 6.07) is 12.3. The number of nitrogens with zero attached hydrogens (tertiary/aromatic N) is 6. The second-order valence-electron chi connectivity index (χ2n) is 15.8. The molecule has 6 amide bonds. The van der Waals surface area contributed by atoms with Crippen LogP contribution in [0.4, 0.5) is 39.1 Å². The van der Waals surface area contributed by atoms with Crippen LogP contribution in [0.25, 0.3) is 17.1 Å². The fourth-order valence-electron chi connectivity index (χ4n) is 7.72. The van der Waals surface area contributed by atoms with Crippen LogP contribution >= 0.6 is 0 Å². The average molecular weight is 964 g/mol. The fraction of sp³-hybridized carbons (Fsp3) is 0.341. The lowest BCUT2D eigenvalue weighted by molar-refractivity contribution is -0.136. The van der Waals surface area contributed by atoms with Crippen molar-refractivity contribution >= 4 is 52.6 Å². The number of morpholine rings is 1. The number of amides is 6. The molecule has 2 saturated heterocycles. The van der Waals surface area contributed by atoms with Gasteiger partial charge in [0.05, 0.1) is 54.6 Å². The molecule has 3 aliphatic rings. The molecule has 6 heterocycles. The van der Waals surface area contributed by atoms with Crippen molar-refractivity contribution in [2.45, 2.75) is 37.6 Å². The van der Waals surface area contributed by atoms with Crippen molar-refractivity contribution in [1.29, 1.82) is 0 Å². The van der Waals surface area contributed by atoms with Crippen LogP contribution in [0.2, 0.25) is 0 Å². The minimum atomic E-state index is -4.49. The predicted molar refractivity (Wildman–Crippen MR) is 232 cm³/mol. The summed E-state index contributed by atoms with van der Waals surface area (Å²) < 4.78 is 84.1. The Hall–Kier alpha value is -7.64. The van der Waals surface area contributed by atoms with Crippen LogP contribution in [0.3, 0.4) is 0 Å². The summed E-state index contributed by atoms with van der Waals surface area (Å²) >= 11 is 0.